The predicted molar refractivity (Wildman–Crippen MR) is 72.7 cm³/mol. The van der Waals surface area contributed by atoms with Gasteiger partial charge >= 0.3 is 6.18 Å². The summed E-state index contributed by atoms with van der Waals surface area (Å²) in [6, 6.07) is 10.8. The van der Waals surface area contributed by atoms with Crippen molar-refractivity contribution < 1.29 is 22.7 Å². The molecule has 2 rings (SSSR count). The number of alkyl halides is 3. The second-order valence-corrected chi connectivity index (χ2v) is 4.65. The van der Waals surface area contributed by atoms with Crippen LogP contribution in [0.1, 0.15) is 15.9 Å². The Morgan fingerprint density at radius 2 is 1.67 bits per heavy atom. The van der Waals surface area contributed by atoms with Gasteiger partial charge < -0.3 is 4.74 Å². The summed E-state index contributed by atoms with van der Waals surface area (Å²) in [4.78, 5) is 11.8. The molecular formula is C15H10ClF3O2. The fourth-order valence-corrected chi connectivity index (χ4v) is 1.82. The fourth-order valence-electron chi connectivity index (χ4n) is 1.69. The molecule has 0 saturated heterocycles. The highest BCUT2D eigenvalue weighted by molar-refractivity contribution is 6.30. The number of Topliss-reactive ketones (excluding diaryl/α,β-unsaturated/α-hetero) is 1. The lowest BCUT2D eigenvalue weighted by molar-refractivity contribution is -0.138. The van der Waals surface area contributed by atoms with E-state index in [1.807, 2.05) is 0 Å². The minimum Gasteiger partial charge on any atom is -0.485 e. The van der Waals surface area contributed by atoms with Gasteiger partial charge in [-0.15, -0.1) is 0 Å². The minimum atomic E-state index is -4.53. The van der Waals surface area contributed by atoms with Crippen LogP contribution in [0.5, 0.6) is 5.75 Å². The Morgan fingerprint density at radius 1 is 1.05 bits per heavy atom. The lowest BCUT2D eigenvalue weighted by atomic mass is 10.1. The summed E-state index contributed by atoms with van der Waals surface area (Å²) < 4.78 is 43.3. The first-order valence-corrected chi connectivity index (χ1v) is 6.33. The SMILES string of the molecule is O=C(COc1ccccc1C(F)(F)F)c1ccc(Cl)cc1. The van der Waals surface area contributed by atoms with E-state index in [4.69, 9.17) is 16.3 Å². The number of hydrogen-bond acceptors (Lipinski definition) is 2. The number of rotatable bonds is 4. The van der Waals surface area contributed by atoms with Crippen molar-refractivity contribution in [2.24, 2.45) is 0 Å². The van der Waals surface area contributed by atoms with Gasteiger partial charge in [-0.25, -0.2) is 0 Å². The standard InChI is InChI=1S/C15H10ClF3O2/c16-11-7-5-10(6-8-11)13(20)9-21-14-4-2-1-3-12(14)15(17,18)19/h1-8H,9H2. The Labute approximate surface area is 124 Å². The van der Waals surface area contributed by atoms with Gasteiger partial charge in [-0.05, 0) is 36.4 Å². The van der Waals surface area contributed by atoms with Crippen LogP contribution in [0.15, 0.2) is 48.5 Å². The molecule has 0 saturated carbocycles. The van der Waals surface area contributed by atoms with Crippen LogP contribution in [0.4, 0.5) is 13.2 Å². The van der Waals surface area contributed by atoms with Crippen LogP contribution >= 0.6 is 11.6 Å². The number of halogens is 4. The van der Waals surface area contributed by atoms with Crippen LogP contribution in [0.25, 0.3) is 0 Å². The summed E-state index contributed by atoms with van der Waals surface area (Å²) in [5, 5.41) is 0.467. The topological polar surface area (TPSA) is 26.3 Å². The number of ketones is 1. The maximum Gasteiger partial charge on any atom is 0.419 e. The Bertz CT molecular complexity index is 636. The molecule has 0 bridgehead atoms. The van der Waals surface area contributed by atoms with Gasteiger partial charge in [0.2, 0.25) is 0 Å². The molecule has 0 amide bonds. The molecule has 0 aliphatic rings. The van der Waals surface area contributed by atoms with E-state index in [-0.39, 0.29) is 5.75 Å². The Morgan fingerprint density at radius 3 is 2.29 bits per heavy atom. The third-order valence-corrected chi connectivity index (χ3v) is 2.97. The monoisotopic (exact) mass is 314 g/mol. The average Bonchev–Trinajstić information content (AvgIpc) is 2.45. The number of carbonyl (C=O) groups excluding carboxylic acids is 1. The summed E-state index contributed by atoms with van der Waals surface area (Å²) >= 11 is 5.69. The molecular weight excluding hydrogens is 305 g/mol. The predicted octanol–water partition coefficient (Wildman–Crippen LogP) is 4.62. The van der Waals surface area contributed by atoms with E-state index in [9.17, 15) is 18.0 Å². The van der Waals surface area contributed by atoms with E-state index >= 15 is 0 Å². The van der Waals surface area contributed by atoms with Gasteiger partial charge in [-0.1, -0.05) is 23.7 Å². The number of carbonyl (C=O) groups is 1. The van der Waals surface area contributed by atoms with E-state index in [1.54, 1.807) is 0 Å². The Hall–Kier alpha value is -2.01. The Kier molecular flexibility index (Phi) is 4.53. The lowest BCUT2D eigenvalue weighted by Crippen LogP contribution is -2.14. The zero-order chi connectivity index (χ0) is 15.5. The number of para-hydroxylation sites is 1. The summed E-state index contributed by atoms with van der Waals surface area (Å²) in [5.41, 5.74) is -0.585. The third-order valence-electron chi connectivity index (χ3n) is 2.72. The van der Waals surface area contributed by atoms with Gasteiger partial charge in [0.25, 0.3) is 0 Å². The van der Waals surface area contributed by atoms with Crippen molar-refractivity contribution >= 4 is 17.4 Å². The zero-order valence-corrected chi connectivity index (χ0v) is 11.4. The smallest absolute Gasteiger partial charge is 0.419 e. The third kappa shape index (κ3) is 3.98. The average molecular weight is 315 g/mol. The summed E-state index contributed by atoms with van der Waals surface area (Å²) in [7, 11) is 0. The summed E-state index contributed by atoms with van der Waals surface area (Å²) in [5.74, 6) is -0.795. The molecule has 2 nitrogen and oxygen atoms in total. The highest BCUT2D eigenvalue weighted by atomic mass is 35.5. The van der Waals surface area contributed by atoms with Gasteiger partial charge in [-0.3, -0.25) is 4.79 Å². The molecule has 0 aromatic heterocycles. The molecule has 6 heteroatoms. The molecule has 110 valence electrons. The van der Waals surface area contributed by atoms with E-state index < -0.39 is 24.1 Å². The molecule has 0 unspecified atom stereocenters. The highest BCUT2D eigenvalue weighted by Gasteiger charge is 2.34. The van der Waals surface area contributed by atoms with Crippen LogP contribution in [-0.4, -0.2) is 12.4 Å². The summed E-state index contributed by atoms with van der Waals surface area (Å²) in [6.07, 6.45) is -4.53. The van der Waals surface area contributed by atoms with Crippen molar-refractivity contribution in [2.75, 3.05) is 6.61 Å². The van der Waals surface area contributed by atoms with Crippen LogP contribution in [-0.2, 0) is 6.18 Å². The fraction of sp³-hybridized carbons (Fsp3) is 0.133. The molecule has 0 N–H and O–H groups in total. The van der Waals surface area contributed by atoms with Gasteiger partial charge in [0, 0.05) is 10.6 Å². The highest BCUT2D eigenvalue weighted by Crippen LogP contribution is 2.35. The van der Waals surface area contributed by atoms with Crippen LogP contribution in [0.2, 0.25) is 5.02 Å². The van der Waals surface area contributed by atoms with Crippen molar-refractivity contribution in [3.05, 3.63) is 64.7 Å². The largest absolute Gasteiger partial charge is 0.485 e. The summed E-state index contributed by atoms with van der Waals surface area (Å²) in [6.45, 7) is -0.477. The number of ether oxygens (including phenoxy) is 1. The van der Waals surface area contributed by atoms with E-state index in [1.165, 1.54) is 42.5 Å². The van der Waals surface area contributed by atoms with Gasteiger partial charge in [0.15, 0.2) is 12.4 Å². The van der Waals surface area contributed by atoms with Crippen molar-refractivity contribution in [1.82, 2.24) is 0 Å². The van der Waals surface area contributed by atoms with E-state index in [0.29, 0.717) is 10.6 Å². The quantitative estimate of drug-likeness (QED) is 0.770. The molecule has 0 heterocycles. The number of benzene rings is 2. The molecule has 0 radical (unpaired) electrons. The zero-order valence-electron chi connectivity index (χ0n) is 10.7. The molecule has 0 aliphatic carbocycles. The molecule has 2 aromatic carbocycles. The van der Waals surface area contributed by atoms with Crippen molar-refractivity contribution in [1.29, 1.82) is 0 Å². The molecule has 2 aromatic rings. The first kappa shape index (κ1) is 15.4. The number of hydrogen-bond donors (Lipinski definition) is 0. The maximum atomic E-state index is 12.8. The second kappa shape index (κ2) is 6.18. The molecule has 0 fully saturated rings. The molecule has 0 atom stereocenters. The Balaban J connectivity index is 2.10. The van der Waals surface area contributed by atoms with Gasteiger partial charge in [-0.2, -0.15) is 13.2 Å². The molecule has 0 aliphatic heterocycles. The first-order chi connectivity index (χ1) is 9.88. The van der Waals surface area contributed by atoms with Crippen molar-refractivity contribution in [3.8, 4) is 5.75 Å². The normalized spacial score (nSPS) is 11.2. The lowest BCUT2D eigenvalue weighted by Gasteiger charge is -2.13. The maximum absolute atomic E-state index is 12.8. The van der Waals surface area contributed by atoms with Crippen LogP contribution in [0, 0.1) is 0 Å². The molecule has 21 heavy (non-hydrogen) atoms. The second-order valence-electron chi connectivity index (χ2n) is 4.21. The minimum absolute atomic E-state index is 0.323. The molecule has 0 spiro atoms. The van der Waals surface area contributed by atoms with Crippen LogP contribution < -0.4 is 4.74 Å². The first-order valence-electron chi connectivity index (χ1n) is 5.96. The van der Waals surface area contributed by atoms with Crippen LogP contribution in [0.3, 0.4) is 0 Å². The van der Waals surface area contributed by atoms with E-state index in [2.05, 4.69) is 0 Å². The van der Waals surface area contributed by atoms with E-state index in [0.717, 1.165) is 6.07 Å². The van der Waals surface area contributed by atoms with Crippen molar-refractivity contribution in [3.63, 3.8) is 0 Å². The van der Waals surface area contributed by atoms with Crippen molar-refractivity contribution in [2.45, 2.75) is 6.18 Å². The van der Waals surface area contributed by atoms with Gasteiger partial charge in [0.1, 0.15) is 5.75 Å². The van der Waals surface area contributed by atoms with Gasteiger partial charge in [0.05, 0.1) is 5.56 Å².